The first-order valence-corrected chi connectivity index (χ1v) is 16.7. The van der Waals surface area contributed by atoms with Crippen LogP contribution >= 0.6 is 0 Å². The van der Waals surface area contributed by atoms with Crippen molar-refractivity contribution >= 4 is 71.6 Å². The van der Waals surface area contributed by atoms with Crippen LogP contribution in [0, 0.1) is 0 Å². The molecule has 10 aromatic rings. The van der Waals surface area contributed by atoms with E-state index in [1.807, 2.05) is 0 Å². The van der Waals surface area contributed by atoms with Gasteiger partial charge in [-0.3, -0.25) is 0 Å². The maximum Gasteiger partial charge on any atom is 0.137 e. The molecule has 0 saturated carbocycles. The van der Waals surface area contributed by atoms with Crippen LogP contribution in [-0.4, -0.2) is 4.57 Å². The van der Waals surface area contributed by atoms with E-state index < -0.39 is 0 Å². The largest absolute Gasteiger partial charge is 0.456 e. The average molecular weight is 627 g/mol. The Morgan fingerprint density at radius 1 is 0.429 bits per heavy atom. The van der Waals surface area contributed by atoms with E-state index in [1.165, 1.54) is 32.6 Å². The standard InChI is InChI=1S/C46H30N2O/c1-3-14-31(15-4-1)35-19-9-11-22-39(35)48(34-27-28-38-44(30-34)49-43-29-26-32-16-7-8-20-36(32)45(38)43)42-25-13-24-41-46(42)37-21-10-12-23-40(37)47(41)33-17-5-2-6-18-33/h1-30H. The maximum atomic E-state index is 6.63. The van der Waals surface area contributed by atoms with E-state index in [0.29, 0.717) is 0 Å². The lowest BCUT2D eigenvalue weighted by Gasteiger charge is -2.28. The number of hydrogen-bond acceptors (Lipinski definition) is 2. The van der Waals surface area contributed by atoms with Gasteiger partial charge in [0.05, 0.1) is 22.4 Å². The van der Waals surface area contributed by atoms with E-state index in [0.717, 1.165) is 55.8 Å². The summed E-state index contributed by atoms with van der Waals surface area (Å²) >= 11 is 0. The number of benzene rings is 8. The Morgan fingerprint density at radius 2 is 1.12 bits per heavy atom. The number of anilines is 3. The van der Waals surface area contributed by atoms with Gasteiger partial charge >= 0.3 is 0 Å². The van der Waals surface area contributed by atoms with E-state index in [1.54, 1.807) is 0 Å². The van der Waals surface area contributed by atoms with Gasteiger partial charge in [0.2, 0.25) is 0 Å². The van der Waals surface area contributed by atoms with Crippen LogP contribution in [0.4, 0.5) is 17.1 Å². The third-order valence-corrected chi connectivity index (χ3v) is 9.76. The van der Waals surface area contributed by atoms with Gasteiger partial charge in [0, 0.05) is 44.5 Å². The van der Waals surface area contributed by atoms with Gasteiger partial charge in [0.15, 0.2) is 0 Å². The quantitative estimate of drug-likeness (QED) is 0.190. The van der Waals surface area contributed by atoms with E-state index in [-0.39, 0.29) is 0 Å². The lowest BCUT2D eigenvalue weighted by molar-refractivity contribution is 0.669. The third kappa shape index (κ3) is 4.29. The van der Waals surface area contributed by atoms with Crippen molar-refractivity contribution in [1.29, 1.82) is 0 Å². The number of hydrogen-bond donors (Lipinski definition) is 0. The summed E-state index contributed by atoms with van der Waals surface area (Å²) in [5.74, 6) is 0. The molecule has 0 fully saturated rings. The fourth-order valence-electron chi connectivity index (χ4n) is 7.65. The van der Waals surface area contributed by atoms with Gasteiger partial charge in [-0.05, 0) is 70.9 Å². The molecular weight excluding hydrogens is 597 g/mol. The van der Waals surface area contributed by atoms with Crippen LogP contribution in [-0.2, 0) is 0 Å². The highest BCUT2D eigenvalue weighted by Gasteiger charge is 2.24. The monoisotopic (exact) mass is 626 g/mol. The zero-order valence-electron chi connectivity index (χ0n) is 26.6. The third-order valence-electron chi connectivity index (χ3n) is 9.76. The molecule has 3 nitrogen and oxygen atoms in total. The number of para-hydroxylation sites is 3. The molecule has 0 atom stereocenters. The van der Waals surface area contributed by atoms with Gasteiger partial charge in [-0.25, -0.2) is 0 Å². The summed E-state index contributed by atoms with van der Waals surface area (Å²) < 4.78 is 9.00. The van der Waals surface area contributed by atoms with Gasteiger partial charge in [0.25, 0.3) is 0 Å². The Balaban J connectivity index is 1.29. The average Bonchev–Trinajstić information content (AvgIpc) is 3.72. The molecule has 0 aliphatic rings. The maximum absolute atomic E-state index is 6.63. The first kappa shape index (κ1) is 27.5. The minimum Gasteiger partial charge on any atom is -0.456 e. The molecule has 0 radical (unpaired) electrons. The summed E-state index contributed by atoms with van der Waals surface area (Å²) in [4.78, 5) is 2.41. The van der Waals surface area contributed by atoms with Crippen LogP contribution in [0.15, 0.2) is 186 Å². The highest BCUT2D eigenvalue weighted by molar-refractivity contribution is 6.20. The Kier molecular flexibility index (Phi) is 6.18. The summed E-state index contributed by atoms with van der Waals surface area (Å²) in [5.41, 5.74) is 10.8. The molecule has 0 aliphatic carbocycles. The summed E-state index contributed by atoms with van der Waals surface area (Å²) in [6.07, 6.45) is 0. The lowest BCUT2D eigenvalue weighted by atomic mass is 10.0. The van der Waals surface area contributed by atoms with Crippen molar-refractivity contribution in [3.8, 4) is 16.8 Å². The fourth-order valence-corrected chi connectivity index (χ4v) is 7.65. The second-order valence-corrected chi connectivity index (χ2v) is 12.5. The molecule has 49 heavy (non-hydrogen) atoms. The van der Waals surface area contributed by atoms with Crippen LogP contribution in [0.1, 0.15) is 0 Å². The fraction of sp³-hybridized carbons (Fsp3) is 0. The van der Waals surface area contributed by atoms with Crippen molar-refractivity contribution in [3.63, 3.8) is 0 Å². The Labute approximate surface area is 283 Å². The van der Waals surface area contributed by atoms with Crippen LogP contribution in [0.3, 0.4) is 0 Å². The van der Waals surface area contributed by atoms with Gasteiger partial charge in [-0.1, -0.05) is 121 Å². The molecule has 0 N–H and O–H groups in total. The Hall–Kier alpha value is -6.58. The SMILES string of the molecule is c1ccc(-c2ccccc2N(c2ccc3c(c2)oc2ccc4ccccc4c23)c2cccc3c2c2ccccc2n3-c2ccccc2)cc1. The molecular formula is C46H30N2O. The molecule has 0 spiro atoms. The number of nitrogens with zero attached hydrogens (tertiary/aromatic N) is 2. The highest BCUT2D eigenvalue weighted by atomic mass is 16.3. The van der Waals surface area contributed by atoms with Crippen LogP contribution in [0.25, 0.3) is 71.3 Å². The van der Waals surface area contributed by atoms with Crippen LogP contribution < -0.4 is 4.90 Å². The van der Waals surface area contributed by atoms with E-state index >= 15 is 0 Å². The van der Waals surface area contributed by atoms with Gasteiger partial charge < -0.3 is 13.9 Å². The van der Waals surface area contributed by atoms with E-state index in [4.69, 9.17) is 4.42 Å². The number of rotatable bonds is 5. The molecule has 0 aliphatic heterocycles. The Morgan fingerprint density at radius 3 is 2.00 bits per heavy atom. The summed E-state index contributed by atoms with van der Waals surface area (Å²) in [6, 6.07) is 64.9. The highest BCUT2D eigenvalue weighted by Crippen LogP contribution is 2.47. The van der Waals surface area contributed by atoms with E-state index in [2.05, 4.69) is 191 Å². The molecule has 0 unspecified atom stereocenters. The lowest BCUT2D eigenvalue weighted by Crippen LogP contribution is -2.11. The van der Waals surface area contributed by atoms with Gasteiger partial charge in [0.1, 0.15) is 11.2 Å². The molecule has 8 aromatic carbocycles. The van der Waals surface area contributed by atoms with Gasteiger partial charge in [-0.15, -0.1) is 0 Å². The first-order valence-electron chi connectivity index (χ1n) is 16.7. The number of furan rings is 1. The molecule has 0 amide bonds. The normalized spacial score (nSPS) is 11.7. The van der Waals surface area contributed by atoms with Crippen molar-refractivity contribution in [2.24, 2.45) is 0 Å². The molecule has 2 aromatic heterocycles. The predicted octanol–water partition coefficient (Wildman–Crippen LogP) is 13.0. The van der Waals surface area contributed by atoms with Crippen molar-refractivity contribution in [2.75, 3.05) is 4.90 Å². The minimum atomic E-state index is 0.866. The minimum absolute atomic E-state index is 0.866. The zero-order chi connectivity index (χ0) is 32.3. The molecule has 0 bridgehead atoms. The van der Waals surface area contributed by atoms with E-state index in [9.17, 15) is 0 Å². The zero-order valence-corrected chi connectivity index (χ0v) is 26.6. The number of fused-ring (bicyclic) bond motifs is 8. The smallest absolute Gasteiger partial charge is 0.137 e. The molecule has 10 rings (SSSR count). The summed E-state index contributed by atoms with van der Waals surface area (Å²) in [7, 11) is 0. The van der Waals surface area contributed by atoms with Crippen molar-refractivity contribution in [2.45, 2.75) is 0 Å². The van der Waals surface area contributed by atoms with Crippen molar-refractivity contribution < 1.29 is 4.42 Å². The van der Waals surface area contributed by atoms with Crippen molar-refractivity contribution in [3.05, 3.63) is 182 Å². The summed E-state index contributed by atoms with van der Waals surface area (Å²) in [6.45, 7) is 0. The second-order valence-electron chi connectivity index (χ2n) is 12.5. The Bertz CT molecular complexity index is 2830. The van der Waals surface area contributed by atoms with Crippen LogP contribution in [0.2, 0.25) is 0 Å². The second kappa shape index (κ2) is 11.0. The molecule has 2 heterocycles. The first-order chi connectivity index (χ1) is 24.3. The predicted molar refractivity (Wildman–Crippen MR) is 206 cm³/mol. The molecule has 230 valence electrons. The summed E-state index contributed by atoms with van der Waals surface area (Å²) in [5, 5.41) is 7.09. The number of aromatic nitrogens is 1. The van der Waals surface area contributed by atoms with Crippen LogP contribution in [0.5, 0.6) is 0 Å². The molecule has 3 heteroatoms. The van der Waals surface area contributed by atoms with Crippen molar-refractivity contribution in [1.82, 2.24) is 4.57 Å². The molecule has 0 saturated heterocycles. The van der Waals surface area contributed by atoms with Gasteiger partial charge in [-0.2, -0.15) is 0 Å². The topological polar surface area (TPSA) is 21.3 Å².